The molecular formula is C14H14BrFN2O. The first-order valence-corrected chi connectivity index (χ1v) is 6.79. The number of benzene rings is 1. The summed E-state index contributed by atoms with van der Waals surface area (Å²) in [6.45, 7) is 3.91. The van der Waals surface area contributed by atoms with Gasteiger partial charge in [0.15, 0.2) is 5.78 Å². The van der Waals surface area contributed by atoms with Crippen molar-refractivity contribution in [1.29, 1.82) is 0 Å². The Balaban J connectivity index is 2.28. The third kappa shape index (κ3) is 3.10. The predicted molar refractivity (Wildman–Crippen MR) is 74.7 cm³/mol. The van der Waals surface area contributed by atoms with E-state index in [2.05, 4.69) is 21.0 Å². The number of hydrogen-bond acceptors (Lipinski definition) is 2. The van der Waals surface area contributed by atoms with Crippen LogP contribution in [-0.4, -0.2) is 15.6 Å². The first-order valence-electron chi connectivity index (χ1n) is 5.99. The molecule has 100 valence electrons. The fraction of sp³-hybridized carbons (Fsp3) is 0.286. The van der Waals surface area contributed by atoms with E-state index in [1.54, 1.807) is 23.0 Å². The maximum absolute atomic E-state index is 13.1. The lowest BCUT2D eigenvalue weighted by Gasteiger charge is -2.10. The van der Waals surface area contributed by atoms with E-state index in [1.165, 1.54) is 12.1 Å². The van der Waals surface area contributed by atoms with E-state index < -0.39 is 0 Å². The van der Waals surface area contributed by atoms with Crippen molar-refractivity contribution in [3.8, 4) is 0 Å². The number of rotatable bonds is 4. The number of ketones is 1. The molecule has 0 spiro atoms. The molecule has 0 saturated carbocycles. The summed E-state index contributed by atoms with van der Waals surface area (Å²) >= 11 is 3.34. The van der Waals surface area contributed by atoms with Crippen LogP contribution in [0, 0.1) is 5.82 Å². The van der Waals surface area contributed by atoms with Crippen LogP contribution in [0.1, 0.15) is 35.9 Å². The van der Waals surface area contributed by atoms with E-state index in [0.29, 0.717) is 15.7 Å². The van der Waals surface area contributed by atoms with Crippen LogP contribution in [0.25, 0.3) is 0 Å². The van der Waals surface area contributed by atoms with E-state index in [4.69, 9.17) is 0 Å². The fourth-order valence-corrected chi connectivity index (χ4v) is 2.40. The normalized spacial score (nSPS) is 11.0. The van der Waals surface area contributed by atoms with Gasteiger partial charge in [0.25, 0.3) is 0 Å². The molecule has 0 amide bonds. The number of hydrogen-bond donors (Lipinski definition) is 0. The Morgan fingerprint density at radius 2 is 2.21 bits per heavy atom. The van der Waals surface area contributed by atoms with Crippen molar-refractivity contribution >= 4 is 21.7 Å². The molecule has 0 fully saturated rings. The standard InChI is InChI=1S/C14H14BrFN2O/c1-9(2)18-14(12(15)8-17-18)13(19)7-10-4-3-5-11(16)6-10/h3-6,8-9H,7H2,1-2H3. The molecule has 5 heteroatoms. The molecule has 1 heterocycles. The van der Waals surface area contributed by atoms with Crippen LogP contribution in [0.4, 0.5) is 4.39 Å². The van der Waals surface area contributed by atoms with Gasteiger partial charge in [-0.2, -0.15) is 5.10 Å². The van der Waals surface area contributed by atoms with Crippen molar-refractivity contribution < 1.29 is 9.18 Å². The zero-order valence-corrected chi connectivity index (χ0v) is 12.3. The van der Waals surface area contributed by atoms with E-state index in [1.807, 2.05) is 13.8 Å². The zero-order chi connectivity index (χ0) is 14.0. The van der Waals surface area contributed by atoms with Crippen molar-refractivity contribution in [1.82, 2.24) is 9.78 Å². The molecule has 0 aliphatic carbocycles. The van der Waals surface area contributed by atoms with Crippen molar-refractivity contribution in [2.24, 2.45) is 0 Å². The molecule has 0 N–H and O–H groups in total. The average molecular weight is 325 g/mol. The molecule has 0 unspecified atom stereocenters. The smallest absolute Gasteiger partial charge is 0.186 e. The van der Waals surface area contributed by atoms with Crippen LogP contribution >= 0.6 is 15.9 Å². The van der Waals surface area contributed by atoms with Gasteiger partial charge in [-0.3, -0.25) is 9.48 Å². The molecule has 19 heavy (non-hydrogen) atoms. The van der Waals surface area contributed by atoms with Gasteiger partial charge >= 0.3 is 0 Å². The molecule has 1 aromatic heterocycles. The minimum absolute atomic E-state index is 0.0799. The number of carbonyl (C=O) groups is 1. The Labute approximate surface area is 119 Å². The lowest BCUT2D eigenvalue weighted by atomic mass is 10.1. The number of aromatic nitrogens is 2. The van der Waals surface area contributed by atoms with E-state index in [0.717, 1.165) is 0 Å². The Bertz CT molecular complexity index is 607. The highest BCUT2D eigenvalue weighted by Gasteiger charge is 2.19. The highest BCUT2D eigenvalue weighted by molar-refractivity contribution is 9.10. The van der Waals surface area contributed by atoms with Crippen LogP contribution < -0.4 is 0 Å². The molecule has 1 aromatic carbocycles. The minimum Gasteiger partial charge on any atom is -0.292 e. The lowest BCUT2D eigenvalue weighted by Crippen LogP contribution is -2.15. The summed E-state index contributed by atoms with van der Waals surface area (Å²) in [7, 11) is 0. The SMILES string of the molecule is CC(C)n1ncc(Br)c1C(=O)Cc1cccc(F)c1. The van der Waals surface area contributed by atoms with E-state index in [-0.39, 0.29) is 24.1 Å². The summed E-state index contributed by atoms with van der Waals surface area (Å²) in [5.41, 5.74) is 1.19. The summed E-state index contributed by atoms with van der Waals surface area (Å²) in [6.07, 6.45) is 1.77. The highest BCUT2D eigenvalue weighted by Crippen LogP contribution is 2.21. The van der Waals surface area contributed by atoms with Gasteiger partial charge in [-0.15, -0.1) is 0 Å². The molecule has 0 radical (unpaired) electrons. The lowest BCUT2D eigenvalue weighted by molar-refractivity contribution is 0.0980. The minimum atomic E-state index is -0.332. The third-order valence-electron chi connectivity index (χ3n) is 2.76. The second kappa shape index (κ2) is 5.65. The van der Waals surface area contributed by atoms with Gasteiger partial charge in [0.1, 0.15) is 11.5 Å². The summed E-state index contributed by atoms with van der Waals surface area (Å²) in [5, 5.41) is 4.17. The summed E-state index contributed by atoms with van der Waals surface area (Å²) in [5.74, 6) is -0.412. The quantitative estimate of drug-likeness (QED) is 0.802. The Kier molecular flexibility index (Phi) is 4.14. The molecule has 2 rings (SSSR count). The monoisotopic (exact) mass is 324 g/mol. The maximum atomic E-state index is 13.1. The molecular weight excluding hydrogens is 311 g/mol. The van der Waals surface area contributed by atoms with Crippen LogP contribution in [0.15, 0.2) is 34.9 Å². The first-order chi connectivity index (χ1) is 8.99. The number of nitrogens with zero attached hydrogens (tertiary/aromatic N) is 2. The Hall–Kier alpha value is -1.49. The average Bonchev–Trinajstić information content (AvgIpc) is 2.71. The van der Waals surface area contributed by atoms with Gasteiger partial charge in [0.05, 0.1) is 10.7 Å². The van der Waals surface area contributed by atoms with Crippen molar-refractivity contribution in [2.45, 2.75) is 26.3 Å². The van der Waals surface area contributed by atoms with Crippen molar-refractivity contribution in [2.75, 3.05) is 0 Å². The van der Waals surface area contributed by atoms with Gasteiger partial charge in [-0.1, -0.05) is 12.1 Å². The first kappa shape index (κ1) is 13.9. The second-order valence-electron chi connectivity index (χ2n) is 4.61. The Morgan fingerprint density at radius 1 is 1.47 bits per heavy atom. The Morgan fingerprint density at radius 3 is 2.84 bits per heavy atom. The van der Waals surface area contributed by atoms with Crippen LogP contribution in [0.5, 0.6) is 0 Å². The van der Waals surface area contributed by atoms with Gasteiger partial charge in [-0.05, 0) is 47.5 Å². The van der Waals surface area contributed by atoms with E-state index >= 15 is 0 Å². The molecule has 0 saturated heterocycles. The highest BCUT2D eigenvalue weighted by atomic mass is 79.9. The number of Topliss-reactive ketones (excluding diaryl/α,β-unsaturated/α-hetero) is 1. The fourth-order valence-electron chi connectivity index (χ4n) is 1.91. The van der Waals surface area contributed by atoms with Gasteiger partial charge < -0.3 is 0 Å². The topological polar surface area (TPSA) is 34.9 Å². The largest absolute Gasteiger partial charge is 0.292 e. The molecule has 2 aromatic rings. The summed E-state index contributed by atoms with van der Waals surface area (Å²) < 4.78 is 15.5. The molecule has 0 bridgehead atoms. The molecule has 0 aliphatic rings. The number of carbonyl (C=O) groups excluding carboxylic acids is 1. The molecule has 0 aliphatic heterocycles. The molecule has 3 nitrogen and oxygen atoms in total. The van der Waals surface area contributed by atoms with Crippen molar-refractivity contribution in [3.63, 3.8) is 0 Å². The second-order valence-corrected chi connectivity index (χ2v) is 5.46. The number of halogens is 2. The van der Waals surface area contributed by atoms with Gasteiger partial charge in [-0.25, -0.2) is 4.39 Å². The summed E-state index contributed by atoms with van der Waals surface area (Å²) in [4.78, 5) is 12.3. The van der Waals surface area contributed by atoms with Crippen LogP contribution in [0.3, 0.4) is 0 Å². The van der Waals surface area contributed by atoms with Gasteiger partial charge in [0.2, 0.25) is 0 Å². The van der Waals surface area contributed by atoms with Gasteiger partial charge in [0, 0.05) is 12.5 Å². The van der Waals surface area contributed by atoms with Crippen molar-refractivity contribution in [3.05, 3.63) is 52.0 Å². The molecule has 0 atom stereocenters. The van der Waals surface area contributed by atoms with Crippen LogP contribution in [-0.2, 0) is 6.42 Å². The zero-order valence-electron chi connectivity index (χ0n) is 10.7. The van der Waals surface area contributed by atoms with Crippen LogP contribution in [0.2, 0.25) is 0 Å². The van der Waals surface area contributed by atoms with E-state index in [9.17, 15) is 9.18 Å². The maximum Gasteiger partial charge on any atom is 0.186 e. The predicted octanol–water partition coefficient (Wildman–Crippen LogP) is 3.79. The third-order valence-corrected chi connectivity index (χ3v) is 3.34. The summed E-state index contributed by atoms with van der Waals surface area (Å²) in [6, 6.07) is 6.18.